The van der Waals surface area contributed by atoms with Crippen molar-refractivity contribution in [2.75, 3.05) is 27.3 Å². The minimum atomic E-state index is 0.677. The Morgan fingerprint density at radius 1 is 1.17 bits per heavy atom. The number of hydrogen-bond donors (Lipinski definition) is 1. The molecule has 0 bridgehead atoms. The highest BCUT2D eigenvalue weighted by molar-refractivity contribution is 5.22. The lowest BCUT2D eigenvalue weighted by atomic mass is 10.1. The lowest BCUT2D eigenvalue weighted by Gasteiger charge is -2.31. The van der Waals surface area contributed by atoms with Crippen molar-refractivity contribution in [1.29, 1.82) is 0 Å². The molecule has 1 N–H and O–H groups in total. The Labute approximate surface area is 110 Å². The minimum absolute atomic E-state index is 0.677. The average Bonchev–Trinajstić information content (AvgIpc) is 2.42. The van der Waals surface area contributed by atoms with Crippen molar-refractivity contribution in [3.8, 4) is 0 Å². The summed E-state index contributed by atoms with van der Waals surface area (Å²) in [6.45, 7) is 3.80. The highest BCUT2D eigenvalue weighted by Crippen LogP contribution is 2.16. The van der Waals surface area contributed by atoms with Gasteiger partial charge in [-0.05, 0) is 38.1 Å². The zero-order valence-electron chi connectivity index (χ0n) is 11.5. The van der Waals surface area contributed by atoms with Gasteiger partial charge in [-0.25, -0.2) is 0 Å². The molecule has 3 nitrogen and oxygen atoms in total. The van der Waals surface area contributed by atoms with Crippen LogP contribution in [0.15, 0.2) is 24.3 Å². The summed E-state index contributed by atoms with van der Waals surface area (Å²) in [7, 11) is 4.20. The molecule has 1 saturated heterocycles. The lowest BCUT2D eigenvalue weighted by molar-refractivity contribution is 0.0407. The maximum atomic E-state index is 5.41. The van der Waals surface area contributed by atoms with E-state index in [1.54, 1.807) is 0 Å². The zero-order chi connectivity index (χ0) is 12.8. The number of rotatable bonds is 5. The van der Waals surface area contributed by atoms with Crippen LogP contribution in [-0.4, -0.2) is 38.3 Å². The second-order valence-corrected chi connectivity index (χ2v) is 5.11. The van der Waals surface area contributed by atoms with E-state index >= 15 is 0 Å². The molecular weight excluding hydrogens is 224 g/mol. The molecule has 0 amide bonds. The Balaban J connectivity index is 1.87. The standard InChI is InChI=1S/C15H24N2O/c1-16-11-13-3-5-14(6-4-13)12-17(2)15-7-9-18-10-8-15/h3-6,15-16H,7-12H2,1-2H3. The molecule has 0 unspecified atom stereocenters. The van der Waals surface area contributed by atoms with Crippen molar-refractivity contribution in [2.45, 2.75) is 32.0 Å². The van der Waals surface area contributed by atoms with Crippen LogP contribution in [0.1, 0.15) is 24.0 Å². The van der Waals surface area contributed by atoms with Gasteiger partial charge in [-0.15, -0.1) is 0 Å². The normalized spacial score (nSPS) is 17.3. The molecule has 1 fully saturated rings. The molecule has 0 aliphatic carbocycles. The zero-order valence-corrected chi connectivity index (χ0v) is 11.5. The fourth-order valence-electron chi connectivity index (χ4n) is 2.51. The summed E-state index contributed by atoms with van der Waals surface area (Å²) < 4.78 is 5.41. The first-order valence-electron chi connectivity index (χ1n) is 6.80. The summed E-state index contributed by atoms with van der Waals surface area (Å²) >= 11 is 0. The topological polar surface area (TPSA) is 24.5 Å². The summed E-state index contributed by atoms with van der Waals surface area (Å²) in [6.07, 6.45) is 2.32. The Bertz CT molecular complexity index is 344. The number of benzene rings is 1. The third-order valence-electron chi connectivity index (χ3n) is 3.65. The van der Waals surface area contributed by atoms with Crippen LogP contribution in [0.5, 0.6) is 0 Å². The summed E-state index contributed by atoms with van der Waals surface area (Å²) in [4.78, 5) is 2.45. The molecule has 2 rings (SSSR count). The second kappa shape index (κ2) is 6.88. The summed E-state index contributed by atoms with van der Waals surface area (Å²) in [5.41, 5.74) is 2.74. The van der Waals surface area contributed by atoms with Crippen LogP contribution in [0.4, 0.5) is 0 Å². The van der Waals surface area contributed by atoms with Crippen LogP contribution in [0, 0.1) is 0 Å². The van der Waals surface area contributed by atoms with Crippen molar-refractivity contribution in [1.82, 2.24) is 10.2 Å². The van der Waals surface area contributed by atoms with E-state index in [4.69, 9.17) is 4.74 Å². The molecule has 1 aromatic carbocycles. The predicted octanol–water partition coefficient (Wildman–Crippen LogP) is 2.02. The molecule has 100 valence electrons. The Morgan fingerprint density at radius 3 is 2.39 bits per heavy atom. The van der Waals surface area contributed by atoms with Gasteiger partial charge in [0.05, 0.1) is 0 Å². The predicted molar refractivity (Wildman–Crippen MR) is 74.5 cm³/mol. The van der Waals surface area contributed by atoms with Gasteiger partial charge in [-0.3, -0.25) is 4.90 Å². The first-order chi connectivity index (χ1) is 8.79. The van der Waals surface area contributed by atoms with Gasteiger partial charge < -0.3 is 10.1 Å². The highest BCUT2D eigenvalue weighted by atomic mass is 16.5. The first kappa shape index (κ1) is 13.5. The van der Waals surface area contributed by atoms with Crippen molar-refractivity contribution < 1.29 is 4.74 Å². The van der Waals surface area contributed by atoms with E-state index < -0.39 is 0 Å². The summed E-state index contributed by atoms with van der Waals surface area (Å²) in [6, 6.07) is 9.58. The third-order valence-corrected chi connectivity index (χ3v) is 3.65. The van der Waals surface area contributed by atoms with Gasteiger partial charge in [-0.2, -0.15) is 0 Å². The molecule has 1 aromatic rings. The molecule has 1 heterocycles. The van der Waals surface area contributed by atoms with E-state index in [1.807, 2.05) is 7.05 Å². The Kier molecular flexibility index (Phi) is 5.17. The fourth-order valence-corrected chi connectivity index (χ4v) is 2.51. The summed E-state index contributed by atoms with van der Waals surface area (Å²) in [5.74, 6) is 0. The van der Waals surface area contributed by atoms with Crippen LogP contribution in [0.25, 0.3) is 0 Å². The number of hydrogen-bond acceptors (Lipinski definition) is 3. The van der Waals surface area contributed by atoms with Gasteiger partial charge in [0.25, 0.3) is 0 Å². The molecule has 0 radical (unpaired) electrons. The molecular formula is C15H24N2O. The van der Waals surface area contributed by atoms with Gasteiger partial charge in [0.1, 0.15) is 0 Å². The van der Waals surface area contributed by atoms with E-state index in [2.05, 4.69) is 41.5 Å². The Hall–Kier alpha value is -0.900. The first-order valence-corrected chi connectivity index (χ1v) is 6.80. The van der Waals surface area contributed by atoms with Crippen molar-refractivity contribution >= 4 is 0 Å². The lowest BCUT2D eigenvalue weighted by Crippen LogP contribution is -2.36. The van der Waals surface area contributed by atoms with Crippen LogP contribution in [0.2, 0.25) is 0 Å². The monoisotopic (exact) mass is 248 g/mol. The van der Waals surface area contributed by atoms with Crippen molar-refractivity contribution in [3.05, 3.63) is 35.4 Å². The maximum absolute atomic E-state index is 5.41. The van der Waals surface area contributed by atoms with Gasteiger partial charge in [-0.1, -0.05) is 24.3 Å². The van der Waals surface area contributed by atoms with Gasteiger partial charge in [0.15, 0.2) is 0 Å². The highest BCUT2D eigenvalue weighted by Gasteiger charge is 2.18. The Morgan fingerprint density at radius 2 is 1.78 bits per heavy atom. The largest absolute Gasteiger partial charge is 0.381 e. The molecule has 1 aliphatic rings. The van der Waals surface area contributed by atoms with Crippen LogP contribution in [-0.2, 0) is 17.8 Å². The number of nitrogens with zero attached hydrogens (tertiary/aromatic N) is 1. The van der Waals surface area contributed by atoms with E-state index in [0.29, 0.717) is 6.04 Å². The third kappa shape index (κ3) is 3.80. The molecule has 3 heteroatoms. The average molecular weight is 248 g/mol. The van der Waals surface area contributed by atoms with Gasteiger partial charge in [0.2, 0.25) is 0 Å². The molecule has 0 spiro atoms. The molecule has 1 aliphatic heterocycles. The molecule has 18 heavy (non-hydrogen) atoms. The molecule has 0 saturated carbocycles. The SMILES string of the molecule is CNCc1ccc(CN(C)C2CCOCC2)cc1. The number of nitrogens with one attached hydrogen (secondary N) is 1. The molecule has 0 atom stereocenters. The minimum Gasteiger partial charge on any atom is -0.381 e. The van der Waals surface area contributed by atoms with E-state index in [9.17, 15) is 0 Å². The van der Waals surface area contributed by atoms with Gasteiger partial charge >= 0.3 is 0 Å². The van der Waals surface area contributed by atoms with Crippen LogP contribution >= 0.6 is 0 Å². The smallest absolute Gasteiger partial charge is 0.0480 e. The fraction of sp³-hybridized carbons (Fsp3) is 0.600. The van der Waals surface area contributed by atoms with E-state index in [0.717, 1.165) is 39.1 Å². The van der Waals surface area contributed by atoms with Gasteiger partial charge in [0, 0.05) is 32.3 Å². The van der Waals surface area contributed by atoms with E-state index in [1.165, 1.54) is 11.1 Å². The number of ether oxygens (including phenoxy) is 1. The second-order valence-electron chi connectivity index (χ2n) is 5.11. The van der Waals surface area contributed by atoms with Crippen molar-refractivity contribution in [3.63, 3.8) is 0 Å². The van der Waals surface area contributed by atoms with Crippen LogP contribution < -0.4 is 5.32 Å². The maximum Gasteiger partial charge on any atom is 0.0480 e. The van der Waals surface area contributed by atoms with Crippen molar-refractivity contribution in [2.24, 2.45) is 0 Å². The summed E-state index contributed by atoms with van der Waals surface area (Å²) in [5, 5.41) is 3.17. The van der Waals surface area contributed by atoms with E-state index in [-0.39, 0.29) is 0 Å². The quantitative estimate of drug-likeness (QED) is 0.863. The molecule has 0 aromatic heterocycles. The van der Waals surface area contributed by atoms with Crippen LogP contribution in [0.3, 0.4) is 0 Å².